The van der Waals surface area contributed by atoms with Crippen molar-refractivity contribution in [1.82, 2.24) is 5.32 Å². The minimum absolute atomic E-state index is 0.115. The van der Waals surface area contributed by atoms with Gasteiger partial charge in [-0.05, 0) is 31.0 Å². The summed E-state index contributed by atoms with van der Waals surface area (Å²) < 4.78 is 5.18. The number of nitrogens with one attached hydrogen (secondary N) is 1. The van der Waals surface area contributed by atoms with Crippen molar-refractivity contribution in [3.05, 3.63) is 29.8 Å². The fourth-order valence-electron chi connectivity index (χ4n) is 1.95. The summed E-state index contributed by atoms with van der Waals surface area (Å²) in [6, 6.07) is 8.20. The third-order valence-electron chi connectivity index (χ3n) is 3.10. The molecule has 1 aromatic rings. The maximum absolute atomic E-state index is 5.18. The summed E-state index contributed by atoms with van der Waals surface area (Å²) in [5.74, 6) is 1.99. The maximum Gasteiger partial charge on any atom is 0.157 e. The lowest BCUT2D eigenvalue weighted by Crippen LogP contribution is -2.30. The van der Waals surface area contributed by atoms with Gasteiger partial charge in [0.15, 0.2) is 5.17 Å². The van der Waals surface area contributed by atoms with Crippen LogP contribution in [0.2, 0.25) is 0 Å². The summed E-state index contributed by atoms with van der Waals surface area (Å²) in [7, 11) is 3.61. The lowest BCUT2D eigenvalue weighted by molar-refractivity contribution is 0.413. The van der Waals surface area contributed by atoms with Crippen molar-refractivity contribution in [2.45, 2.75) is 18.9 Å². The number of methoxy groups -OCH3 is 1. The minimum atomic E-state index is -0.115. The Balaban J connectivity index is 2.30. The van der Waals surface area contributed by atoms with E-state index in [-0.39, 0.29) is 5.54 Å². The first-order chi connectivity index (χ1) is 8.18. The molecule has 0 aliphatic carbocycles. The van der Waals surface area contributed by atoms with Gasteiger partial charge in [-0.25, -0.2) is 0 Å². The van der Waals surface area contributed by atoms with E-state index in [9.17, 15) is 0 Å². The van der Waals surface area contributed by atoms with Crippen LogP contribution < -0.4 is 10.1 Å². The summed E-state index contributed by atoms with van der Waals surface area (Å²) in [5.41, 5.74) is 1.13. The number of hydrogen-bond acceptors (Lipinski definition) is 4. The fraction of sp³-hybridized carbons (Fsp3) is 0.462. The van der Waals surface area contributed by atoms with E-state index >= 15 is 0 Å². The Morgan fingerprint density at radius 1 is 1.35 bits per heavy atom. The topological polar surface area (TPSA) is 33.6 Å². The van der Waals surface area contributed by atoms with E-state index in [2.05, 4.69) is 24.4 Å². The highest BCUT2D eigenvalue weighted by Crippen LogP contribution is 2.35. The van der Waals surface area contributed by atoms with Crippen molar-refractivity contribution in [2.24, 2.45) is 4.99 Å². The van der Waals surface area contributed by atoms with Crippen molar-refractivity contribution in [2.75, 3.05) is 19.9 Å². The van der Waals surface area contributed by atoms with Crippen molar-refractivity contribution >= 4 is 16.9 Å². The van der Waals surface area contributed by atoms with Crippen LogP contribution in [-0.2, 0) is 5.54 Å². The summed E-state index contributed by atoms with van der Waals surface area (Å²) in [6.45, 7) is 2.19. The SMILES string of the molecule is CNC1=NC(C)(c2ccc(OC)cc2)CCS1. The van der Waals surface area contributed by atoms with Crippen LogP contribution in [0.1, 0.15) is 18.9 Å². The third kappa shape index (κ3) is 2.57. The van der Waals surface area contributed by atoms with E-state index in [4.69, 9.17) is 9.73 Å². The molecule has 1 heterocycles. The van der Waals surface area contributed by atoms with E-state index in [1.54, 1.807) is 18.9 Å². The van der Waals surface area contributed by atoms with E-state index in [0.29, 0.717) is 0 Å². The molecule has 3 nitrogen and oxygen atoms in total. The molecule has 0 fully saturated rings. The second kappa shape index (κ2) is 5.00. The van der Waals surface area contributed by atoms with Gasteiger partial charge in [0.1, 0.15) is 5.75 Å². The maximum atomic E-state index is 5.18. The molecule has 0 amide bonds. The van der Waals surface area contributed by atoms with Crippen molar-refractivity contribution in [3.8, 4) is 5.75 Å². The Kier molecular flexibility index (Phi) is 3.62. The molecule has 4 heteroatoms. The van der Waals surface area contributed by atoms with E-state index in [1.165, 1.54) is 5.56 Å². The largest absolute Gasteiger partial charge is 0.497 e. The molecule has 2 rings (SSSR count). The monoisotopic (exact) mass is 250 g/mol. The average molecular weight is 250 g/mol. The molecule has 1 atom stereocenters. The summed E-state index contributed by atoms with van der Waals surface area (Å²) >= 11 is 1.78. The molecule has 1 unspecified atom stereocenters. The Hall–Kier alpha value is -1.16. The highest BCUT2D eigenvalue weighted by Gasteiger charge is 2.29. The summed E-state index contributed by atoms with van der Waals surface area (Å²) in [6.07, 6.45) is 1.06. The lowest BCUT2D eigenvalue weighted by Gasteiger charge is -2.30. The van der Waals surface area contributed by atoms with Crippen LogP contribution in [0.15, 0.2) is 29.3 Å². The minimum Gasteiger partial charge on any atom is -0.497 e. The average Bonchev–Trinajstić information content (AvgIpc) is 2.39. The second-order valence-electron chi connectivity index (χ2n) is 4.27. The van der Waals surface area contributed by atoms with Gasteiger partial charge in [0.25, 0.3) is 0 Å². The molecule has 0 bridgehead atoms. The second-order valence-corrected chi connectivity index (χ2v) is 5.35. The lowest BCUT2D eigenvalue weighted by atomic mass is 9.90. The number of hydrogen-bond donors (Lipinski definition) is 1. The molecule has 0 aromatic heterocycles. The first kappa shape index (κ1) is 12.3. The molecule has 1 aliphatic rings. The number of rotatable bonds is 2. The van der Waals surface area contributed by atoms with Gasteiger partial charge in [-0.3, -0.25) is 4.99 Å². The number of benzene rings is 1. The van der Waals surface area contributed by atoms with Gasteiger partial charge in [0, 0.05) is 12.8 Å². The smallest absolute Gasteiger partial charge is 0.157 e. The van der Waals surface area contributed by atoms with E-state index in [1.807, 2.05) is 19.2 Å². The Morgan fingerprint density at radius 2 is 2.06 bits per heavy atom. The summed E-state index contributed by atoms with van der Waals surface area (Å²) in [5, 5.41) is 4.16. The Labute approximate surface area is 107 Å². The molecule has 17 heavy (non-hydrogen) atoms. The van der Waals surface area contributed by atoms with Crippen molar-refractivity contribution < 1.29 is 4.74 Å². The molecule has 0 saturated carbocycles. The molecule has 1 aromatic carbocycles. The van der Waals surface area contributed by atoms with Gasteiger partial charge in [-0.15, -0.1) is 0 Å². The zero-order chi connectivity index (χ0) is 12.3. The molecule has 0 spiro atoms. The van der Waals surface area contributed by atoms with Crippen LogP contribution >= 0.6 is 11.8 Å². The molecule has 0 radical (unpaired) electrons. The van der Waals surface area contributed by atoms with Crippen LogP contribution in [-0.4, -0.2) is 25.1 Å². The highest BCUT2D eigenvalue weighted by molar-refractivity contribution is 8.13. The molecule has 0 saturated heterocycles. The number of ether oxygens (including phenoxy) is 1. The van der Waals surface area contributed by atoms with E-state index < -0.39 is 0 Å². The quantitative estimate of drug-likeness (QED) is 0.876. The Morgan fingerprint density at radius 3 is 2.65 bits per heavy atom. The normalized spacial score (nSPS) is 24.1. The number of thioether (sulfide) groups is 1. The van der Waals surface area contributed by atoms with Crippen molar-refractivity contribution in [3.63, 3.8) is 0 Å². The van der Waals surface area contributed by atoms with Gasteiger partial charge >= 0.3 is 0 Å². The van der Waals surface area contributed by atoms with Gasteiger partial charge in [0.05, 0.1) is 12.6 Å². The van der Waals surface area contributed by atoms with Crippen LogP contribution in [0.5, 0.6) is 5.75 Å². The molecular formula is C13H18N2OS. The summed E-state index contributed by atoms with van der Waals surface area (Å²) in [4.78, 5) is 4.79. The van der Waals surface area contributed by atoms with Crippen LogP contribution in [0.4, 0.5) is 0 Å². The van der Waals surface area contributed by atoms with Gasteiger partial charge in [-0.2, -0.15) is 0 Å². The Bertz CT molecular complexity index is 416. The first-order valence-corrected chi connectivity index (χ1v) is 6.71. The van der Waals surface area contributed by atoms with Crippen LogP contribution in [0.25, 0.3) is 0 Å². The zero-order valence-electron chi connectivity index (χ0n) is 10.5. The third-order valence-corrected chi connectivity index (χ3v) is 4.08. The molecular weight excluding hydrogens is 232 g/mol. The fourth-order valence-corrected chi connectivity index (χ4v) is 3.05. The standard InChI is InChI=1S/C13H18N2OS/c1-13(8-9-17-12(14-2)15-13)10-4-6-11(16-3)7-5-10/h4-7H,8-9H2,1-3H3,(H,14,15). The van der Waals surface area contributed by atoms with Gasteiger partial charge in [-0.1, -0.05) is 23.9 Å². The molecule has 1 aliphatic heterocycles. The van der Waals surface area contributed by atoms with E-state index in [0.717, 1.165) is 23.1 Å². The molecule has 1 N–H and O–H groups in total. The molecule has 92 valence electrons. The van der Waals surface area contributed by atoms with Crippen LogP contribution in [0.3, 0.4) is 0 Å². The van der Waals surface area contributed by atoms with Gasteiger partial charge < -0.3 is 10.1 Å². The zero-order valence-corrected chi connectivity index (χ0v) is 11.3. The number of aliphatic imine (C=N–C) groups is 1. The number of amidine groups is 1. The first-order valence-electron chi connectivity index (χ1n) is 5.73. The van der Waals surface area contributed by atoms with Gasteiger partial charge in [0.2, 0.25) is 0 Å². The number of nitrogens with zero attached hydrogens (tertiary/aromatic N) is 1. The highest BCUT2D eigenvalue weighted by atomic mass is 32.2. The predicted octanol–water partition coefficient (Wildman–Crippen LogP) is 2.62. The predicted molar refractivity (Wildman–Crippen MR) is 73.9 cm³/mol. The van der Waals surface area contributed by atoms with Crippen LogP contribution in [0, 0.1) is 0 Å². The van der Waals surface area contributed by atoms with Crippen molar-refractivity contribution in [1.29, 1.82) is 0 Å².